The van der Waals surface area contributed by atoms with E-state index in [0.29, 0.717) is 6.07 Å². The van der Waals surface area contributed by atoms with E-state index in [0.717, 1.165) is 18.2 Å². The summed E-state index contributed by atoms with van der Waals surface area (Å²) in [7, 11) is 0. The van der Waals surface area contributed by atoms with Crippen molar-refractivity contribution in [2.45, 2.75) is 6.42 Å². The second-order valence-electron chi connectivity index (χ2n) is 6.76. The largest absolute Gasteiger partial charge is 0.484 e. The topological polar surface area (TPSA) is 97.6 Å². The highest BCUT2D eigenvalue weighted by Crippen LogP contribution is 2.20. The number of rotatable bonds is 8. The molecule has 0 aliphatic carbocycles. The van der Waals surface area contributed by atoms with Crippen molar-refractivity contribution in [3.63, 3.8) is 0 Å². The van der Waals surface area contributed by atoms with Gasteiger partial charge in [-0.2, -0.15) is 0 Å². The third-order valence-corrected chi connectivity index (χ3v) is 4.57. The van der Waals surface area contributed by atoms with Crippen molar-refractivity contribution < 1.29 is 31.9 Å². The molecule has 0 aliphatic heterocycles. The summed E-state index contributed by atoms with van der Waals surface area (Å²) in [6.45, 7) is 3.22. The van der Waals surface area contributed by atoms with E-state index in [1.807, 2.05) is 0 Å². The van der Waals surface area contributed by atoms with E-state index < -0.39 is 52.6 Å². The van der Waals surface area contributed by atoms with Gasteiger partial charge in [0.25, 0.3) is 11.8 Å². The number of halogens is 4. The Morgan fingerprint density at radius 3 is 2.58 bits per heavy atom. The minimum absolute atomic E-state index is 0.00511. The summed E-state index contributed by atoms with van der Waals surface area (Å²) in [5.74, 6) is -4.48. The fraction of sp³-hybridized carbons (Fsp3) is 0.136. The molecule has 11 heteroatoms. The lowest BCUT2D eigenvalue weighted by Gasteiger charge is -2.11. The summed E-state index contributed by atoms with van der Waals surface area (Å²) in [5.41, 5.74) is -1.07. The lowest BCUT2D eigenvalue weighted by molar-refractivity contribution is -0.122. The minimum atomic E-state index is -1.11. The summed E-state index contributed by atoms with van der Waals surface area (Å²) < 4.78 is 50.7. The maximum absolute atomic E-state index is 13.9. The summed E-state index contributed by atoms with van der Waals surface area (Å²) in [5, 5.41) is 4.47. The Labute approximate surface area is 189 Å². The molecule has 3 aromatic rings. The van der Waals surface area contributed by atoms with Crippen molar-refractivity contribution in [2.24, 2.45) is 0 Å². The van der Waals surface area contributed by atoms with E-state index in [1.54, 1.807) is 0 Å². The predicted octanol–water partition coefficient (Wildman–Crippen LogP) is 3.69. The highest BCUT2D eigenvalue weighted by atomic mass is 35.5. The Bertz CT molecular complexity index is 1310. The predicted molar refractivity (Wildman–Crippen MR) is 114 cm³/mol. The first-order valence-electron chi connectivity index (χ1n) is 9.40. The van der Waals surface area contributed by atoms with Crippen LogP contribution in [0.4, 0.5) is 13.2 Å². The van der Waals surface area contributed by atoms with Gasteiger partial charge in [0.15, 0.2) is 29.2 Å². The molecule has 0 saturated carbocycles. The van der Waals surface area contributed by atoms with Crippen LogP contribution in [0, 0.1) is 17.5 Å². The van der Waals surface area contributed by atoms with Gasteiger partial charge in [0.2, 0.25) is 0 Å². The van der Waals surface area contributed by atoms with Crippen LogP contribution < -0.4 is 20.8 Å². The van der Waals surface area contributed by atoms with Crippen LogP contribution in [0.1, 0.15) is 17.0 Å². The first-order valence-corrected chi connectivity index (χ1v) is 9.78. The maximum atomic E-state index is 13.9. The molecule has 0 bridgehead atoms. The minimum Gasteiger partial charge on any atom is -0.484 e. The Morgan fingerprint density at radius 1 is 1.09 bits per heavy atom. The number of carbonyl (C=O) groups is 2. The van der Waals surface area contributed by atoms with Crippen molar-refractivity contribution >= 4 is 34.4 Å². The highest BCUT2D eigenvalue weighted by molar-refractivity contribution is 6.30. The first kappa shape index (κ1) is 23.9. The van der Waals surface area contributed by atoms with Crippen LogP contribution in [0.15, 0.2) is 57.9 Å². The van der Waals surface area contributed by atoms with Crippen LogP contribution in [0.2, 0.25) is 5.02 Å². The Morgan fingerprint density at radius 2 is 1.85 bits per heavy atom. The van der Waals surface area contributed by atoms with Crippen molar-refractivity contribution in [1.29, 1.82) is 0 Å². The van der Waals surface area contributed by atoms with E-state index in [2.05, 4.69) is 17.2 Å². The van der Waals surface area contributed by atoms with Gasteiger partial charge < -0.3 is 19.8 Å². The van der Waals surface area contributed by atoms with E-state index in [-0.39, 0.29) is 34.8 Å². The van der Waals surface area contributed by atoms with Gasteiger partial charge in [-0.05, 0) is 18.2 Å². The summed E-state index contributed by atoms with van der Waals surface area (Å²) in [4.78, 5) is 36.2. The summed E-state index contributed by atoms with van der Waals surface area (Å²) >= 11 is 5.56. The lowest BCUT2D eigenvalue weighted by atomic mass is 10.2. The highest BCUT2D eigenvalue weighted by Gasteiger charge is 2.16. The standard InChI is InChI=1S/C22H16ClF3N2O5/c1-11(28-20(30)10-32-13-2-3-15(23)16(25)8-13)4-5-27-22(31)19-9-18(29)14-6-12(24)7-17(26)21(14)33-19/h2-3,6-9H,1,4-5,10H2,(H,27,31)(H,28,30). The Hall–Kier alpha value is -3.79. The number of benzene rings is 2. The van der Waals surface area contributed by atoms with Gasteiger partial charge in [0.05, 0.1) is 10.4 Å². The van der Waals surface area contributed by atoms with Gasteiger partial charge >= 0.3 is 0 Å². The van der Waals surface area contributed by atoms with Gasteiger partial charge in [-0.25, -0.2) is 13.2 Å². The normalized spacial score (nSPS) is 10.7. The maximum Gasteiger partial charge on any atom is 0.287 e. The molecule has 1 aromatic heterocycles. The molecule has 2 N–H and O–H groups in total. The second-order valence-corrected chi connectivity index (χ2v) is 7.17. The molecule has 0 unspecified atom stereocenters. The molecule has 1 heterocycles. The summed E-state index contributed by atoms with van der Waals surface area (Å²) in [6, 6.07) is 5.89. The van der Waals surface area contributed by atoms with Crippen LogP contribution in [-0.2, 0) is 4.79 Å². The third-order valence-electron chi connectivity index (χ3n) is 4.26. The van der Waals surface area contributed by atoms with Crippen molar-refractivity contribution in [3.05, 3.63) is 87.1 Å². The molecule has 3 rings (SSSR count). The smallest absolute Gasteiger partial charge is 0.287 e. The Balaban J connectivity index is 1.49. The molecule has 0 fully saturated rings. The average Bonchev–Trinajstić information content (AvgIpc) is 2.75. The van der Waals surface area contributed by atoms with Crippen LogP contribution in [0.3, 0.4) is 0 Å². The number of hydrogen-bond donors (Lipinski definition) is 2. The molecule has 0 saturated heterocycles. The SMILES string of the molecule is C=C(CCNC(=O)c1cc(=O)c2cc(F)cc(F)c2o1)NC(=O)COc1ccc(Cl)c(F)c1. The van der Waals surface area contributed by atoms with Gasteiger partial charge in [-0.1, -0.05) is 18.2 Å². The zero-order valence-electron chi connectivity index (χ0n) is 16.8. The Kier molecular flexibility index (Phi) is 7.39. The van der Waals surface area contributed by atoms with Gasteiger partial charge in [0.1, 0.15) is 17.4 Å². The molecule has 7 nitrogen and oxygen atoms in total. The quantitative estimate of drug-likeness (QED) is 0.512. The fourth-order valence-corrected chi connectivity index (χ4v) is 2.84. The van der Waals surface area contributed by atoms with Gasteiger partial charge in [-0.3, -0.25) is 14.4 Å². The number of hydrogen-bond acceptors (Lipinski definition) is 5. The fourth-order valence-electron chi connectivity index (χ4n) is 2.72. The van der Waals surface area contributed by atoms with Crippen molar-refractivity contribution in [2.75, 3.05) is 13.2 Å². The molecule has 172 valence electrons. The molecule has 0 radical (unpaired) electrons. The van der Waals surface area contributed by atoms with Crippen LogP contribution >= 0.6 is 11.6 Å². The van der Waals surface area contributed by atoms with Crippen molar-refractivity contribution in [1.82, 2.24) is 10.6 Å². The van der Waals surface area contributed by atoms with Crippen LogP contribution in [0.5, 0.6) is 5.75 Å². The van der Waals surface area contributed by atoms with Crippen LogP contribution in [-0.4, -0.2) is 25.0 Å². The molecule has 2 aromatic carbocycles. The average molecular weight is 481 g/mol. The van der Waals surface area contributed by atoms with Gasteiger partial charge in [0, 0.05) is 36.9 Å². The van der Waals surface area contributed by atoms with E-state index >= 15 is 0 Å². The molecular formula is C22H16ClF3N2O5. The zero-order valence-corrected chi connectivity index (χ0v) is 17.6. The number of carbonyl (C=O) groups excluding carboxylic acids is 2. The monoisotopic (exact) mass is 480 g/mol. The summed E-state index contributed by atoms with van der Waals surface area (Å²) in [6.07, 6.45) is 0.116. The number of fused-ring (bicyclic) bond motifs is 1. The number of amides is 2. The number of nitrogens with one attached hydrogen (secondary N) is 2. The molecule has 33 heavy (non-hydrogen) atoms. The van der Waals surface area contributed by atoms with E-state index in [1.165, 1.54) is 12.1 Å². The van der Waals surface area contributed by atoms with Gasteiger partial charge in [-0.15, -0.1) is 0 Å². The zero-order chi connectivity index (χ0) is 24.1. The van der Waals surface area contributed by atoms with Crippen LogP contribution in [0.25, 0.3) is 11.0 Å². The van der Waals surface area contributed by atoms with Crippen molar-refractivity contribution in [3.8, 4) is 5.75 Å². The molecule has 0 aliphatic rings. The molecule has 2 amide bonds. The first-order chi connectivity index (χ1) is 15.6. The van der Waals surface area contributed by atoms with E-state index in [4.69, 9.17) is 20.8 Å². The third kappa shape index (κ3) is 6.13. The lowest BCUT2D eigenvalue weighted by Crippen LogP contribution is -2.31. The number of ether oxygens (including phenoxy) is 1. The second kappa shape index (κ2) is 10.2. The molecular weight excluding hydrogens is 465 g/mol. The van der Waals surface area contributed by atoms with E-state index in [9.17, 15) is 27.6 Å². The molecule has 0 atom stereocenters. The molecule has 0 spiro atoms.